The van der Waals surface area contributed by atoms with Gasteiger partial charge in [0.2, 0.25) is 0 Å². The van der Waals surface area contributed by atoms with Gasteiger partial charge in [0.15, 0.2) is 0 Å². The SMILES string of the molecule is COc1cccc2c1C(=O)c1c(O)c3c(c(O)c1C2=O)C[C@@](O)(C(C)=O)C[C@@H]3OC1CC([NH][Pb])C(O)C(C)O1. The number of methoxy groups -OCH3 is 1. The second-order valence-electron chi connectivity index (χ2n) is 10.2. The summed E-state index contributed by atoms with van der Waals surface area (Å²) in [6.45, 7) is 2.88. The Morgan fingerprint density at radius 3 is 2.49 bits per heavy atom. The molecule has 4 unspecified atom stereocenters. The molecule has 3 radical (unpaired) electrons. The summed E-state index contributed by atoms with van der Waals surface area (Å²) >= 11 is 0.600. The molecule has 0 amide bonds. The predicted octanol–water partition coefficient (Wildman–Crippen LogP) is 0.743. The molecule has 3 aliphatic rings. The van der Waals surface area contributed by atoms with Crippen molar-refractivity contribution in [3.05, 3.63) is 51.6 Å². The van der Waals surface area contributed by atoms with E-state index < -0.39 is 76.6 Å². The van der Waals surface area contributed by atoms with Crippen molar-refractivity contribution in [1.29, 1.82) is 0 Å². The average molecular weight is 734 g/mol. The predicted molar refractivity (Wildman–Crippen MR) is 135 cm³/mol. The molecular weight excluding hydrogens is 705 g/mol. The Hall–Kier alpha value is -2.43. The number of carbonyl (C=O) groups excluding carboxylic acids is 3. The van der Waals surface area contributed by atoms with Crippen LogP contribution in [0, 0.1) is 0 Å². The summed E-state index contributed by atoms with van der Waals surface area (Å²) in [6, 6.07) is 4.14. The van der Waals surface area contributed by atoms with Gasteiger partial charge >= 0.3 is 211 Å². The first kappa shape index (κ1) is 28.1. The topological polar surface area (TPSA) is 172 Å². The van der Waals surface area contributed by atoms with Gasteiger partial charge in [-0.1, -0.05) is 12.1 Å². The molecule has 2 aromatic rings. The van der Waals surface area contributed by atoms with Gasteiger partial charge in [0.05, 0.1) is 7.11 Å². The Balaban J connectivity index is 1.67. The third-order valence-electron chi connectivity index (χ3n) is 7.94. The number of aliphatic hydroxyl groups excluding tert-OH is 1. The number of nitrogens with one attached hydrogen (secondary N) is 1. The minimum atomic E-state index is -1.98. The Kier molecular flexibility index (Phi) is 7.35. The molecular formula is C27H28NO10Pb. The van der Waals surface area contributed by atoms with E-state index in [-0.39, 0.29) is 46.9 Å². The molecule has 2 aliphatic carbocycles. The van der Waals surface area contributed by atoms with Gasteiger partial charge in [-0.2, -0.15) is 0 Å². The molecule has 1 aliphatic heterocycles. The fraction of sp³-hybridized carbons (Fsp3) is 0.444. The van der Waals surface area contributed by atoms with E-state index >= 15 is 0 Å². The molecule has 11 nitrogen and oxygen atoms in total. The zero-order chi connectivity index (χ0) is 28.4. The molecule has 1 heterocycles. The monoisotopic (exact) mass is 734 g/mol. The summed E-state index contributed by atoms with van der Waals surface area (Å²) in [5.41, 5.74) is -2.90. The van der Waals surface area contributed by atoms with Crippen LogP contribution >= 0.6 is 0 Å². The van der Waals surface area contributed by atoms with Crippen molar-refractivity contribution < 1.29 is 49.0 Å². The Morgan fingerprint density at radius 1 is 1.15 bits per heavy atom. The number of rotatable bonds is 5. The number of benzene rings is 2. The number of aliphatic hydroxyl groups is 2. The summed E-state index contributed by atoms with van der Waals surface area (Å²) in [5, 5.41) is 44.6. The first-order chi connectivity index (χ1) is 18.4. The molecule has 6 atom stereocenters. The van der Waals surface area contributed by atoms with E-state index in [0.29, 0.717) is 26.1 Å². The maximum atomic E-state index is 13.7. The molecule has 0 saturated carbocycles. The third-order valence-corrected chi connectivity index (χ3v) is 9.38. The van der Waals surface area contributed by atoms with Crippen LogP contribution in [0.1, 0.15) is 75.8 Å². The molecule has 205 valence electrons. The molecule has 1 saturated heterocycles. The van der Waals surface area contributed by atoms with E-state index in [9.17, 15) is 34.8 Å². The van der Waals surface area contributed by atoms with E-state index in [1.807, 2.05) is 0 Å². The molecule has 39 heavy (non-hydrogen) atoms. The maximum absolute atomic E-state index is 13.7. The summed E-state index contributed by atoms with van der Waals surface area (Å²) in [6.07, 6.45) is -3.93. The molecule has 12 heteroatoms. The van der Waals surface area contributed by atoms with Crippen LogP contribution in [0.3, 0.4) is 0 Å². The summed E-state index contributed by atoms with van der Waals surface area (Å²) in [4.78, 5) is 39.7. The van der Waals surface area contributed by atoms with Crippen LogP contribution in [-0.2, 0) is 20.7 Å². The summed E-state index contributed by atoms with van der Waals surface area (Å²) in [7, 11) is 1.35. The van der Waals surface area contributed by atoms with Crippen LogP contribution in [-0.4, -0.2) is 101 Å². The van der Waals surface area contributed by atoms with E-state index in [1.54, 1.807) is 6.92 Å². The standard InChI is InChI=1S/C27H28NO10.Pb/c1-10-22(30)14(28)7-17(37-10)38-16-9-27(35,11(2)29)8-13-19(16)26(34)21-20(24(13)32)23(31)12-5-4-6-15(36-3)18(12)25(21)33;/h4-6,10,14,16-17,22,28,30,32,34-35H,7-9H2,1-3H3;/q-1;+1/t10?,14?,16-,17?,22?,27-;/m0./s1. The first-order valence-corrected chi connectivity index (χ1v) is 14.4. The number of ether oxygens (including phenoxy) is 3. The van der Waals surface area contributed by atoms with Crippen molar-refractivity contribution in [2.45, 2.75) is 69.4 Å². The Morgan fingerprint density at radius 2 is 1.85 bits per heavy atom. The fourth-order valence-corrected chi connectivity index (χ4v) is 6.89. The number of carbonyl (C=O) groups is 3. The van der Waals surface area contributed by atoms with Crippen molar-refractivity contribution >= 4 is 43.4 Å². The zero-order valence-electron chi connectivity index (χ0n) is 21.5. The van der Waals surface area contributed by atoms with E-state index in [0.717, 1.165) is 0 Å². The van der Waals surface area contributed by atoms with Gasteiger partial charge in [-0.15, -0.1) is 0 Å². The van der Waals surface area contributed by atoms with Gasteiger partial charge in [-0.05, 0) is 6.07 Å². The van der Waals surface area contributed by atoms with Crippen molar-refractivity contribution in [3.63, 3.8) is 0 Å². The molecule has 5 rings (SSSR count). The third kappa shape index (κ3) is 4.39. The minimum absolute atomic E-state index is 0.00301. The quantitative estimate of drug-likeness (QED) is 0.185. The van der Waals surface area contributed by atoms with Crippen LogP contribution in [0.2, 0.25) is 0 Å². The van der Waals surface area contributed by atoms with Crippen LogP contribution < -0.4 is 7.86 Å². The zero-order valence-corrected chi connectivity index (χ0v) is 25.4. The number of fused-ring (bicyclic) bond motifs is 3. The summed E-state index contributed by atoms with van der Waals surface area (Å²) < 4.78 is 20.5. The van der Waals surface area contributed by atoms with Gasteiger partial charge in [0.25, 0.3) is 0 Å². The Bertz CT molecular complexity index is 1390. The number of hydrogen-bond donors (Lipinski definition) is 5. The van der Waals surface area contributed by atoms with Gasteiger partial charge in [-0.3, -0.25) is 0 Å². The first-order valence-electron chi connectivity index (χ1n) is 12.4. The van der Waals surface area contributed by atoms with Crippen molar-refractivity contribution in [1.82, 2.24) is 3.13 Å². The second-order valence-corrected chi connectivity index (χ2v) is 11.3. The van der Waals surface area contributed by atoms with E-state index in [2.05, 4.69) is 3.13 Å². The van der Waals surface area contributed by atoms with Crippen LogP contribution in [0.15, 0.2) is 18.2 Å². The number of Topliss-reactive ketones (excluding diaryl/α,β-unsaturated/α-hetero) is 1. The Labute approximate surface area is 240 Å². The van der Waals surface area contributed by atoms with Crippen molar-refractivity contribution in [3.8, 4) is 17.2 Å². The van der Waals surface area contributed by atoms with Gasteiger partial charge < -0.3 is 4.74 Å². The fourth-order valence-electron chi connectivity index (χ4n) is 5.77. The number of aromatic hydroxyl groups is 2. The van der Waals surface area contributed by atoms with E-state index in [1.165, 1.54) is 32.2 Å². The molecule has 5 N–H and O–H groups in total. The molecule has 2 aromatic carbocycles. The molecule has 0 aromatic heterocycles. The number of phenolic OH excluding ortho intramolecular Hbond substituents is 2. The van der Waals surface area contributed by atoms with Crippen LogP contribution in [0.25, 0.3) is 0 Å². The summed E-state index contributed by atoms with van der Waals surface area (Å²) in [5.74, 6) is -3.07. The second kappa shape index (κ2) is 10.2. The average Bonchev–Trinajstić information content (AvgIpc) is 2.90. The van der Waals surface area contributed by atoms with Crippen molar-refractivity contribution in [2.24, 2.45) is 0 Å². The van der Waals surface area contributed by atoms with Gasteiger partial charge in [-0.25, -0.2) is 0 Å². The molecule has 1 fully saturated rings. The molecule has 0 spiro atoms. The number of hydrogen-bond acceptors (Lipinski definition) is 11. The van der Waals surface area contributed by atoms with Crippen LogP contribution in [0.5, 0.6) is 17.2 Å². The number of phenols is 2. The van der Waals surface area contributed by atoms with Crippen molar-refractivity contribution in [2.75, 3.05) is 7.11 Å². The van der Waals surface area contributed by atoms with Gasteiger partial charge in [0.1, 0.15) is 0 Å². The molecule has 0 bridgehead atoms. The van der Waals surface area contributed by atoms with E-state index in [4.69, 9.17) is 14.2 Å². The van der Waals surface area contributed by atoms with Gasteiger partial charge in [0, 0.05) is 0 Å². The normalized spacial score (nSPS) is 29.8. The number of ketones is 3. The van der Waals surface area contributed by atoms with Crippen LogP contribution in [0.4, 0.5) is 0 Å².